The molecule has 0 heterocycles. The van der Waals surface area contributed by atoms with Crippen LogP contribution >= 0.6 is 15.9 Å². The molecule has 0 atom stereocenters. The first-order valence-corrected chi connectivity index (χ1v) is 12.1. The molecule has 156 valence electrons. The third-order valence-corrected chi connectivity index (χ3v) is 6.95. The molecule has 0 radical (unpaired) electrons. The Balaban J connectivity index is 1.37. The minimum absolute atomic E-state index is 0.727. The van der Waals surface area contributed by atoms with Gasteiger partial charge in [0.25, 0.3) is 0 Å². The number of allylic oxidation sites excluding steroid dienone is 1. The van der Waals surface area contributed by atoms with Crippen LogP contribution in [-0.2, 0) is 0 Å². The maximum Gasteiger partial charge on any atom is 0.0249 e. The van der Waals surface area contributed by atoms with Gasteiger partial charge in [0.1, 0.15) is 0 Å². The smallest absolute Gasteiger partial charge is 0.0249 e. The second kappa shape index (κ2) is 10.7. The lowest BCUT2D eigenvalue weighted by Crippen LogP contribution is -2.13. The van der Waals surface area contributed by atoms with Gasteiger partial charge in [-0.05, 0) is 103 Å². The molecule has 3 aromatic carbocycles. The highest BCUT2D eigenvalue weighted by atomic mass is 79.9. The van der Waals surface area contributed by atoms with E-state index in [1.54, 1.807) is 0 Å². The zero-order valence-electron chi connectivity index (χ0n) is 18.0. The molecule has 0 unspecified atom stereocenters. The predicted octanol–water partition coefficient (Wildman–Crippen LogP) is 8.76. The van der Waals surface area contributed by atoms with Crippen LogP contribution in [0.1, 0.15) is 61.1 Å². The molecule has 0 nitrogen and oxygen atoms in total. The number of hydrogen-bond acceptors (Lipinski definition) is 0. The molecule has 1 heteroatoms. The minimum atomic E-state index is 0.727. The van der Waals surface area contributed by atoms with Crippen molar-refractivity contribution in [1.82, 2.24) is 0 Å². The van der Waals surface area contributed by atoms with Crippen molar-refractivity contribution in [1.29, 1.82) is 0 Å². The Morgan fingerprint density at radius 2 is 1.26 bits per heavy atom. The zero-order valence-corrected chi connectivity index (χ0v) is 19.6. The van der Waals surface area contributed by atoms with Crippen molar-refractivity contribution in [2.24, 2.45) is 5.92 Å². The Kier molecular flexibility index (Phi) is 7.44. The van der Waals surface area contributed by atoms with E-state index in [1.807, 2.05) is 24.3 Å². The van der Waals surface area contributed by atoms with Gasteiger partial charge in [-0.3, -0.25) is 0 Å². The van der Waals surface area contributed by atoms with Crippen LogP contribution in [0.25, 0.3) is 11.1 Å². The molecule has 3 aromatic rings. The fraction of sp³-hybridized carbons (Fsp3) is 0.267. The summed E-state index contributed by atoms with van der Waals surface area (Å²) in [6, 6.07) is 25.9. The molecule has 31 heavy (non-hydrogen) atoms. The summed E-state index contributed by atoms with van der Waals surface area (Å²) >= 11 is 3.46. The summed E-state index contributed by atoms with van der Waals surface area (Å²) in [6.07, 6.45) is 9.93. The van der Waals surface area contributed by atoms with Crippen LogP contribution < -0.4 is 0 Å². The summed E-state index contributed by atoms with van der Waals surface area (Å²) in [5, 5.41) is 0. The van der Waals surface area contributed by atoms with Crippen LogP contribution in [0.15, 0.2) is 89.9 Å². The van der Waals surface area contributed by atoms with Crippen molar-refractivity contribution >= 4 is 15.9 Å². The molecule has 1 aliphatic carbocycles. The topological polar surface area (TPSA) is 0 Å². The largest absolute Gasteiger partial charge is 0.103 e. The van der Waals surface area contributed by atoms with Gasteiger partial charge in [0.05, 0.1) is 0 Å². The summed E-state index contributed by atoms with van der Waals surface area (Å²) in [4.78, 5) is 0. The van der Waals surface area contributed by atoms with Crippen LogP contribution in [0.4, 0.5) is 0 Å². The van der Waals surface area contributed by atoms with Crippen molar-refractivity contribution in [3.63, 3.8) is 0 Å². The average molecular weight is 469 g/mol. The zero-order chi connectivity index (χ0) is 21.5. The van der Waals surface area contributed by atoms with Crippen molar-refractivity contribution in [2.45, 2.75) is 44.4 Å². The third-order valence-electron chi connectivity index (χ3n) is 6.42. The van der Waals surface area contributed by atoms with Crippen LogP contribution in [-0.4, -0.2) is 0 Å². The average Bonchev–Trinajstić information content (AvgIpc) is 2.83. The number of hydrogen-bond donors (Lipinski definition) is 0. The summed E-state index contributed by atoms with van der Waals surface area (Å²) < 4.78 is 1.07. The number of rotatable bonds is 5. The monoisotopic (exact) mass is 468 g/mol. The molecular weight excluding hydrogens is 440 g/mol. The van der Waals surface area contributed by atoms with Gasteiger partial charge < -0.3 is 0 Å². The Labute approximate surface area is 195 Å². The first-order chi connectivity index (χ1) is 15.2. The summed E-state index contributed by atoms with van der Waals surface area (Å²) in [5.41, 5.74) is 6.08. The van der Waals surface area contributed by atoms with E-state index in [4.69, 9.17) is 0 Å². The van der Waals surface area contributed by atoms with Gasteiger partial charge in [0.15, 0.2) is 0 Å². The highest BCUT2D eigenvalue weighted by Gasteiger charge is 2.21. The first kappa shape index (κ1) is 21.7. The van der Waals surface area contributed by atoms with Crippen molar-refractivity contribution in [3.05, 3.63) is 107 Å². The third kappa shape index (κ3) is 5.99. The quantitative estimate of drug-likeness (QED) is 0.259. The molecule has 0 saturated heterocycles. The van der Waals surface area contributed by atoms with Gasteiger partial charge in [0, 0.05) is 15.6 Å². The Bertz CT molecular complexity index is 1040. The molecule has 0 spiro atoms. The minimum Gasteiger partial charge on any atom is -0.103 e. The second-order valence-corrected chi connectivity index (χ2v) is 9.46. The highest BCUT2D eigenvalue weighted by molar-refractivity contribution is 9.10. The molecule has 0 bridgehead atoms. The molecule has 1 aliphatic rings. The van der Waals surface area contributed by atoms with E-state index in [9.17, 15) is 0 Å². The maximum atomic E-state index is 3.86. The normalized spacial score (nSPS) is 18.1. The second-order valence-electron chi connectivity index (χ2n) is 8.54. The van der Waals surface area contributed by atoms with Crippen LogP contribution in [0.3, 0.4) is 0 Å². The van der Waals surface area contributed by atoms with E-state index < -0.39 is 0 Å². The predicted molar refractivity (Wildman–Crippen MR) is 136 cm³/mol. The standard InChI is InChI=1S/C30H29Br/c1-2-3-4-23-7-13-26(14-8-23)28-17-19-29(20-18-28)27-15-9-24(10-16-27)5-6-25-11-21-30(31)22-12-25/h2,9-12,15-23,26H,1,3-4,7-8,13-14H2/t23-,26-. The van der Waals surface area contributed by atoms with E-state index in [-0.39, 0.29) is 0 Å². The van der Waals surface area contributed by atoms with E-state index in [1.165, 1.54) is 55.2 Å². The molecule has 1 fully saturated rings. The van der Waals surface area contributed by atoms with Gasteiger partial charge in [-0.1, -0.05) is 70.2 Å². The van der Waals surface area contributed by atoms with Crippen molar-refractivity contribution in [3.8, 4) is 23.0 Å². The Morgan fingerprint density at radius 3 is 1.81 bits per heavy atom. The SMILES string of the molecule is C=CCC[C@H]1CC[C@H](c2ccc(-c3ccc(C#Cc4ccc(Br)cc4)cc3)cc2)CC1. The Hall–Kier alpha value is -2.56. The summed E-state index contributed by atoms with van der Waals surface area (Å²) in [6.45, 7) is 3.86. The Morgan fingerprint density at radius 1 is 0.742 bits per heavy atom. The first-order valence-electron chi connectivity index (χ1n) is 11.3. The van der Waals surface area contributed by atoms with Gasteiger partial charge >= 0.3 is 0 Å². The maximum absolute atomic E-state index is 3.86. The van der Waals surface area contributed by atoms with E-state index in [0.29, 0.717) is 0 Å². The summed E-state index contributed by atoms with van der Waals surface area (Å²) in [7, 11) is 0. The van der Waals surface area contributed by atoms with Gasteiger partial charge in [-0.2, -0.15) is 0 Å². The van der Waals surface area contributed by atoms with Crippen LogP contribution in [0.2, 0.25) is 0 Å². The van der Waals surface area contributed by atoms with E-state index in [2.05, 4.69) is 89.0 Å². The van der Waals surface area contributed by atoms with Crippen molar-refractivity contribution < 1.29 is 0 Å². The highest BCUT2D eigenvalue weighted by Crippen LogP contribution is 2.38. The summed E-state index contributed by atoms with van der Waals surface area (Å²) in [5.74, 6) is 8.12. The fourth-order valence-corrected chi connectivity index (χ4v) is 4.77. The van der Waals surface area contributed by atoms with Gasteiger partial charge in [0.2, 0.25) is 0 Å². The molecule has 0 aromatic heterocycles. The molecule has 0 N–H and O–H groups in total. The molecular formula is C30H29Br. The lowest BCUT2D eigenvalue weighted by Gasteiger charge is -2.28. The molecule has 0 amide bonds. The van der Waals surface area contributed by atoms with E-state index >= 15 is 0 Å². The fourth-order valence-electron chi connectivity index (χ4n) is 4.51. The van der Waals surface area contributed by atoms with Crippen molar-refractivity contribution in [2.75, 3.05) is 0 Å². The molecule has 4 rings (SSSR count). The van der Waals surface area contributed by atoms with E-state index in [0.717, 1.165) is 27.4 Å². The number of halogens is 1. The van der Waals surface area contributed by atoms with Crippen LogP contribution in [0.5, 0.6) is 0 Å². The lowest BCUT2D eigenvalue weighted by atomic mass is 9.77. The molecule has 0 aliphatic heterocycles. The van der Waals surface area contributed by atoms with Crippen LogP contribution in [0, 0.1) is 17.8 Å². The molecule has 1 saturated carbocycles. The van der Waals surface area contributed by atoms with Gasteiger partial charge in [-0.15, -0.1) is 6.58 Å². The lowest BCUT2D eigenvalue weighted by molar-refractivity contribution is 0.312. The number of benzene rings is 3. The van der Waals surface area contributed by atoms with Gasteiger partial charge in [-0.25, -0.2) is 0 Å².